The maximum absolute atomic E-state index is 11.6. The highest BCUT2D eigenvalue weighted by Crippen LogP contribution is 2.28. The van der Waals surface area contributed by atoms with Gasteiger partial charge in [-0.3, -0.25) is 4.79 Å². The van der Waals surface area contributed by atoms with Gasteiger partial charge in [-0.25, -0.2) is 0 Å². The van der Waals surface area contributed by atoms with Crippen molar-refractivity contribution < 1.29 is 4.79 Å². The number of piperidine rings is 2. The third kappa shape index (κ3) is 8.23. The molecule has 0 aromatic heterocycles. The molecule has 0 bridgehead atoms. The van der Waals surface area contributed by atoms with E-state index in [1.807, 2.05) is 13.8 Å². The standard InChI is InChI=1S/C24H46N2O/c1-20(2)22-11-18-26(19-12-22)23-13-16-25(17-14-23)15-9-7-5-6-8-10-24(27)21(3)4/h20-23H,5-19H2,1-4H3. The second-order valence-electron chi connectivity index (χ2n) is 9.83. The van der Waals surface area contributed by atoms with E-state index in [4.69, 9.17) is 0 Å². The predicted molar refractivity (Wildman–Crippen MR) is 116 cm³/mol. The lowest BCUT2D eigenvalue weighted by molar-refractivity contribution is -0.122. The lowest BCUT2D eigenvalue weighted by Crippen LogP contribution is -2.48. The minimum absolute atomic E-state index is 0.217. The van der Waals surface area contributed by atoms with Crippen molar-refractivity contribution in [3.63, 3.8) is 0 Å². The number of Topliss-reactive ketones (excluding diaryl/α,β-unsaturated/α-hetero) is 1. The van der Waals surface area contributed by atoms with Gasteiger partial charge in [-0.15, -0.1) is 0 Å². The first-order valence-corrected chi connectivity index (χ1v) is 12.0. The molecule has 0 spiro atoms. The second kappa shape index (κ2) is 12.2. The molecule has 3 nitrogen and oxygen atoms in total. The Bertz CT molecular complexity index is 405. The predicted octanol–water partition coefficient (Wildman–Crippen LogP) is 5.38. The summed E-state index contributed by atoms with van der Waals surface area (Å²) in [5.74, 6) is 2.48. The van der Waals surface area contributed by atoms with Crippen molar-refractivity contribution >= 4 is 5.78 Å². The van der Waals surface area contributed by atoms with Crippen molar-refractivity contribution in [2.45, 2.75) is 97.9 Å². The molecular formula is C24H46N2O. The van der Waals surface area contributed by atoms with Gasteiger partial charge in [0.15, 0.2) is 0 Å². The van der Waals surface area contributed by atoms with Crippen LogP contribution in [0.15, 0.2) is 0 Å². The molecule has 0 atom stereocenters. The summed E-state index contributed by atoms with van der Waals surface area (Å²) >= 11 is 0. The van der Waals surface area contributed by atoms with Gasteiger partial charge in [-0.1, -0.05) is 47.0 Å². The van der Waals surface area contributed by atoms with Gasteiger partial charge >= 0.3 is 0 Å². The molecule has 2 aliphatic heterocycles. The molecule has 0 amide bonds. The molecule has 2 heterocycles. The number of hydrogen-bond acceptors (Lipinski definition) is 3. The number of ketones is 1. The number of rotatable bonds is 11. The second-order valence-corrected chi connectivity index (χ2v) is 9.83. The molecule has 0 radical (unpaired) electrons. The fourth-order valence-electron chi connectivity index (χ4n) is 4.91. The summed E-state index contributed by atoms with van der Waals surface area (Å²) in [6.07, 6.45) is 12.7. The molecule has 0 aromatic carbocycles. The Balaban J connectivity index is 1.47. The lowest BCUT2D eigenvalue weighted by atomic mass is 9.85. The molecule has 3 heteroatoms. The van der Waals surface area contributed by atoms with E-state index in [1.54, 1.807) is 0 Å². The summed E-state index contributed by atoms with van der Waals surface area (Å²) in [6.45, 7) is 15.4. The van der Waals surface area contributed by atoms with Crippen LogP contribution >= 0.6 is 0 Å². The third-order valence-corrected chi connectivity index (χ3v) is 7.13. The van der Waals surface area contributed by atoms with Crippen molar-refractivity contribution in [3.05, 3.63) is 0 Å². The van der Waals surface area contributed by atoms with Gasteiger partial charge in [0.1, 0.15) is 5.78 Å². The van der Waals surface area contributed by atoms with Crippen LogP contribution in [-0.2, 0) is 4.79 Å². The average molecular weight is 379 g/mol. The highest BCUT2D eigenvalue weighted by molar-refractivity contribution is 5.80. The summed E-state index contributed by atoms with van der Waals surface area (Å²) in [5, 5.41) is 0. The van der Waals surface area contributed by atoms with Crippen molar-refractivity contribution in [2.24, 2.45) is 17.8 Å². The normalized spacial score (nSPS) is 21.4. The van der Waals surface area contributed by atoms with Crippen molar-refractivity contribution in [2.75, 3.05) is 32.7 Å². The Hall–Kier alpha value is -0.410. The van der Waals surface area contributed by atoms with Crippen LogP contribution in [0.25, 0.3) is 0 Å². The first kappa shape index (κ1) is 22.9. The van der Waals surface area contributed by atoms with Crippen LogP contribution in [0, 0.1) is 17.8 Å². The van der Waals surface area contributed by atoms with Crippen LogP contribution in [0.3, 0.4) is 0 Å². The Kier molecular flexibility index (Phi) is 10.3. The number of unbranched alkanes of at least 4 members (excludes halogenated alkanes) is 4. The maximum Gasteiger partial charge on any atom is 0.135 e. The van der Waals surface area contributed by atoms with Gasteiger partial charge < -0.3 is 9.80 Å². The van der Waals surface area contributed by atoms with Crippen molar-refractivity contribution in [3.8, 4) is 0 Å². The largest absolute Gasteiger partial charge is 0.303 e. The molecule has 0 N–H and O–H groups in total. The minimum atomic E-state index is 0.217. The monoisotopic (exact) mass is 378 g/mol. The number of likely N-dealkylation sites (tertiary alicyclic amines) is 2. The number of nitrogens with zero attached hydrogens (tertiary/aromatic N) is 2. The molecule has 158 valence electrons. The smallest absolute Gasteiger partial charge is 0.135 e. The zero-order valence-electron chi connectivity index (χ0n) is 18.7. The van der Waals surface area contributed by atoms with E-state index in [9.17, 15) is 4.79 Å². The van der Waals surface area contributed by atoms with Crippen LogP contribution in [-0.4, -0.2) is 54.3 Å². The summed E-state index contributed by atoms with van der Waals surface area (Å²) in [5.41, 5.74) is 0. The fraction of sp³-hybridized carbons (Fsp3) is 0.958. The molecule has 2 rings (SSSR count). The van der Waals surface area contributed by atoms with E-state index < -0.39 is 0 Å². The summed E-state index contributed by atoms with van der Waals surface area (Å²) in [6, 6.07) is 0.854. The Morgan fingerprint density at radius 1 is 0.815 bits per heavy atom. The molecule has 2 saturated heterocycles. The van der Waals surface area contributed by atoms with Crippen LogP contribution in [0.2, 0.25) is 0 Å². The maximum atomic E-state index is 11.6. The van der Waals surface area contributed by atoms with Crippen LogP contribution in [0.1, 0.15) is 91.9 Å². The topological polar surface area (TPSA) is 23.6 Å². The Morgan fingerprint density at radius 3 is 2.00 bits per heavy atom. The van der Waals surface area contributed by atoms with Gasteiger partial charge in [0.05, 0.1) is 0 Å². The highest BCUT2D eigenvalue weighted by Gasteiger charge is 2.28. The van der Waals surface area contributed by atoms with Crippen molar-refractivity contribution in [1.29, 1.82) is 0 Å². The molecule has 0 aliphatic carbocycles. The number of hydrogen-bond donors (Lipinski definition) is 0. The van der Waals surface area contributed by atoms with Crippen LogP contribution in [0.5, 0.6) is 0 Å². The van der Waals surface area contributed by atoms with E-state index in [2.05, 4.69) is 23.6 Å². The summed E-state index contributed by atoms with van der Waals surface area (Å²) in [4.78, 5) is 17.1. The minimum Gasteiger partial charge on any atom is -0.303 e. The average Bonchev–Trinajstić information content (AvgIpc) is 2.67. The molecular weight excluding hydrogens is 332 g/mol. The van der Waals surface area contributed by atoms with Crippen LogP contribution < -0.4 is 0 Å². The molecule has 2 fully saturated rings. The van der Waals surface area contributed by atoms with E-state index in [-0.39, 0.29) is 5.92 Å². The lowest BCUT2D eigenvalue weighted by Gasteiger charge is -2.42. The Morgan fingerprint density at radius 2 is 1.41 bits per heavy atom. The molecule has 27 heavy (non-hydrogen) atoms. The zero-order chi connectivity index (χ0) is 19.6. The SMILES string of the molecule is CC(C)C(=O)CCCCCCCN1CCC(N2CCC(C(C)C)CC2)CC1. The van der Waals surface area contributed by atoms with Crippen LogP contribution in [0.4, 0.5) is 0 Å². The van der Waals surface area contributed by atoms with Crippen molar-refractivity contribution in [1.82, 2.24) is 9.80 Å². The number of carbonyl (C=O) groups excluding carboxylic acids is 1. The molecule has 0 unspecified atom stereocenters. The molecule has 2 aliphatic rings. The van der Waals surface area contributed by atoms with E-state index in [1.165, 1.54) is 84.1 Å². The summed E-state index contributed by atoms with van der Waals surface area (Å²) in [7, 11) is 0. The first-order chi connectivity index (χ1) is 13.0. The molecule has 0 aromatic rings. The zero-order valence-corrected chi connectivity index (χ0v) is 18.7. The summed E-state index contributed by atoms with van der Waals surface area (Å²) < 4.78 is 0. The van der Waals surface area contributed by atoms with E-state index in [0.29, 0.717) is 5.78 Å². The quantitative estimate of drug-likeness (QED) is 0.451. The Labute approximate surface area is 169 Å². The van der Waals surface area contributed by atoms with E-state index >= 15 is 0 Å². The fourth-order valence-corrected chi connectivity index (χ4v) is 4.91. The van der Waals surface area contributed by atoms with E-state index in [0.717, 1.165) is 30.7 Å². The van der Waals surface area contributed by atoms with Gasteiger partial charge in [0.25, 0.3) is 0 Å². The number of carbonyl (C=O) groups is 1. The van der Waals surface area contributed by atoms with Gasteiger partial charge in [0, 0.05) is 18.4 Å². The van der Waals surface area contributed by atoms with Gasteiger partial charge in [-0.05, 0) is 83.1 Å². The third-order valence-electron chi connectivity index (χ3n) is 7.13. The first-order valence-electron chi connectivity index (χ1n) is 12.0. The highest BCUT2D eigenvalue weighted by atomic mass is 16.1. The molecule has 0 saturated carbocycles. The van der Waals surface area contributed by atoms with Gasteiger partial charge in [-0.2, -0.15) is 0 Å². The van der Waals surface area contributed by atoms with Gasteiger partial charge in [0.2, 0.25) is 0 Å².